The van der Waals surface area contributed by atoms with Crippen LogP contribution in [0.1, 0.15) is 56.1 Å². The van der Waals surface area contributed by atoms with Gasteiger partial charge in [-0.3, -0.25) is 0 Å². The van der Waals surface area contributed by atoms with Crippen LogP contribution in [0.3, 0.4) is 0 Å². The van der Waals surface area contributed by atoms with Crippen LogP contribution in [0.5, 0.6) is 0 Å². The Morgan fingerprint density at radius 2 is 1.89 bits per heavy atom. The Labute approximate surface area is 111 Å². The number of nitrogens with two attached hydrogens (primary N) is 1. The van der Waals surface area contributed by atoms with Gasteiger partial charge in [-0.05, 0) is 36.3 Å². The number of hydrogen-bond acceptors (Lipinski definition) is 1. The molecule has 2 fully saturated rings. The van der Waals surface area contributed by atoms with Crippen molar-refractivity contribution in [3.8, 4) is 0 Å². The molecule has 2 N–H and O–H groups in total. The minimum Gasteiger partial charge on any atom is -0.330 e. The van der Waals surface area contributed by atoms with E-state index in [2.05, 4.69) is 24.3 Å². The van der Waals surface area contributed by atoms with Crippen LogP contribution in [0, 0.1) is 5.92 Å². The molecule has 0 aliphatic heterocycles. The summed E-state index contributed by atoms with van der Waals surface area (Å²) in [7, 11) is 0. The molecule has 0 bridgehead atoms. The maximum atomic E-state index is 5.94. The second kappa shape index (κ2) is 5.05. The van der Waals surface area contributed by atoms with Crippen molar-refractivity contribution in [2.75, 3.05) is 6.54 Å². The van der Waals surface area contributed by atoms with Gasteiger partial charge in [0.25, 0.3) is 0 Å². The van der Waals surface area contributed by atoms with Gasteiger partial charge in [-0.1, -0.05) is 56.4 Å². The normalized spacial score (nSPS) is 22.9. The Kier molecular flexibility index (Phi) is 3.43. The summed E-state index contributed by atoms with van der Waals surface area (Å²) in [5.74, 6) is 0.932. The molecule has 2 saturated carbocycles. The van der Waals surface area contributed by atoms with Gasteiger partial charge < -0.3 is 5.73 Å². The zero-order chi connectivity index (χ0) is 12.4. The smallest absolute Gasteiger partial charge is 0.00763 e. The molecule has 0 saturated heterocycles. The third-order valence-electron chi connectivity index (χ3n) is 5.03. The molecule has 0 heterocycles. The lowest BCUT2D eigenvalue weighted by molar-refractivity contribution is 0.356. The van der Waals surface area contributed by atoms with Gasteiger partial charge in [0.15, 0.2) is 0 Å². The van der Waals surface area contributed by atoms with E-state index >= 15 is 0 Å². The molecule has 1 aromatic rings. The molecule has 1 heteroatoms. The first kappa shape index (κ1) is 12.2. The Bertz CT molecular complexity index is 400. The van der Waals surface area contributed by atoms with Gasteiger partial charge in [0.05, 0.1) is 0 Å². The van der Waals surface area contributed by atoms with Crippen molar-refractivity contribution in [2.24, 2.45) is 11.7 Å². The molecular weight excluding hydrogens is 218 g/mol. The number of hydrogen-bond donors (Lipinski definition) is 1. The molecule has 1 nitrogen and oxygen atoms in total. The summed E-state index contributed by atoms with van der Waals surface area (Å²) in [6, 6.07) is 9.27. The summed E-state index contributed by atoms with van der Waals surface area (Å²) in [4.78, 5) is 0. The van der Waals surface area contributed by atoms with Crippen molar-refractivity contribution in [3.63, 3.8) is 0 Å². The first-order valence-electron chi connectivity index (χ1n) is 7.62. The topological polar surface area (TPSA) is 26.0 Å². The van der Waals surface area contributed by atoms with Gasteiger partial charge in [-0.25, -0.2) is 0 Å². The Balaban J connectivity index is 1.70. The summed E-state index contributed by atoms with van der Waals surface area (Å²) >= 11 is 0. The van der Waals surface area contributed by atoms with Gasteiger partial charge in [-0.15, -0.1) is 0 Å². The van der Waals surface area contributed by atoms with Crippen molar-refractivity contribution >= 4 is 0 Å². The summed E-state index contributed by atoms with van der Waals surface area (Å²) in [6.07, 6.45) is 11.1. The van der Waals surface area contributed by atoms with Crippen molar-refractivity contribution in [2.45, 2.75) is 56.8 Å². The zero-order valence-electron chi connectivity index (χ0n) is 11.3. The first-order chi connectivity index (χ1) is 8.82. The average Bonchev–Trinajstić information content (AvgIpc) is 3.21. The standard InChI is InChI=1S/C17H25N/c18-13-17(9-10-17)16-8-4-7-15(12-16)11-14-5-2-1-3-6-14/h4,7-8,12,14H,1-3,5-6,9-11,13,18H2. The molecule has 2 aliphatic rings. The lowest BCUT2D eigenvalue weighted by Gasteiger charge is -2.22. The highest BCUT2D eigenvalue weighted by atomic mass is 14.7. The van der Waals surface area contributed by atoms with Crippen LogP contribution in [0.2, 0.25) is 0 Å². The van der Waals surface area contributed by atoms with Crippen LogP contribution < -0.4 is 5.73 Å². The van der Waals surface area contributed by atoms with Gasteiger partial charge in [0, 0.05) is 12.0 Å². The average molecular weight is 243 g/mol. The third kappa shape index (κ3) is 2.47. The number of rotatable bonds is 4. The Morgan fingerprint density at radius 1 is 1.11 bits per heavy atom. The van der Waals surface area contributed by atoms with E-state index in [0.29, 0.717) is 5.41 Å². The maximum absolute atomic E-state index is 5.94. The minimum absolute atomic E-state index is 0.350. The van der Waals surface area contributed by atoms with Gasteiger partial charge in [-0.2, -0.15) is 0 Å². The zero-order valence-corrected chi connectivity index (χ0v) is 11.3. The van der Waals surface area contributed by atoms with Crippen molar-refractivity contribution < 1.29 is 0 Å². The molecule has 0 radical (unpaired) electrons. The molecule has 0 amide bonds. The first-order valence-corrected chi connectivity index (χ1v) is 7.62. The molecule has 18 heavy (non-hydrogen) atoms. The van der Waals surface area contributed by atoms with E-state index in [1.165, 1.54) is 56.9 Å². The summed E-state index contributed by atoms with van der Waals surface area (Å²) in [6.45, 7) is 0.819. The molecule has 98 valence electrons. The maximum Gasteiger partial charge on any atom is 0.00763 e. The summed E-state index contributed by atoms with van der Waals surface area (Å²) in [5, 5.41) is 0. The summed E-state index contributed by atoms with van der Waals surface area (Å²) < 4.78 is 0. The molecule has 1 aromatic carbocycles. The van der Waals surface area contributed by atoms with E-state index in [1.807, 2.05) is 0 Å². The van der Waals surface area contributed by atoms with E-state index in [1.54, 1.807) is 5.56 Å². The largest absolute Gasteiger partial charge is 0.330 e. The van der Waals surface area contributed by atoms with Crippen LogP contribution in [0.4, 0.5) is 0 Å². The molecule has 2 aliphatic carbocycles. The van der Waals surface area contributed by atoms with Crippen LogP contribution in [-0.4, -0.2) is 6.54 Å². The van der Waals surface area contributed by atoms with E-state index in [-0.39, 0.29) is 0 Å². The quantitative estimate of drug-likeness (QED) is 0.855. The van der Waals surface area contributed by atoms with Crippen LogP contribution in [0.25, 0.3) is 0 Å². The predicted molar refractivity (Wildman–Crippen MR) is 76.7 cm³/mol. The van der Waals surface area contributed by atoms with Gasteiger partial charge in [0.1, 0.15) is 0 Å². The van der Waals surface area contributed by atoms with Crippen molar-refractivity contribution in [1.82, 2.24) is 0 Å². The predicted octanol–water partition coefficient (Wildman–Crippen LogP) is 3.80. The Hall–Kier alpha value is -0.820. The highest BCUT2D eigenvalue weighted by Crippen LogP contribution is 2.47. The molecule has 0 aromatic heterocycles. The molecule has 0 atom stereocenters. The fraction of sp³-hybridized carbons (Fsp3) is 0.647. The van der Waals surface area contributed by atoms with Gasteiger partial charge >= 0.3 is 0 Å². The van der Waals surface area contributed by atoms with E-state index in [0.717, 1.165) is 12.5 Å². The fourth-order valence-electron chi connectivity index (χ4n) is 3.51. The van der Waals surface area contributed by atoms with Crippen LogP contribution in [-0.2, 0) is 11.8 Å². The van der Waals surface area contributed by atoms with Crippen molar-refractivity contribution in [1.29, 1.82) is 0 Å². The number of benzene rings is 1. The molecular formula is C17H25N. The lowest BCUT2D eigenvalue weighted by atomic mass is 9.84. The molecule has 3 rings (SSSR count). The third-order valence-corrected chi connectivity index (χ3v) is 5.03. The SMILES string of the molecule is NCC1(c2cccc(CC3CCCCC3)c2)CC1. The van der Waals surface area contributed by atoms with E-state index in [4.69, 9.17) is 5.73 Å². The second-order valence-electron chi connectivity index (χ2n) is 6.39. The van der Waals surface area contributed by atoms with Crippen LogP contribution in [0.15, 0.2) is 24.3 Å². The summed E-state index contributed by atoms with van der Waals surface area (Å²) in [5.41, 5.74) is 9.32. The fourth-order valence-corrected chi connectivity index (χ4v) is 3.51. The van der Waals surface area contributed by atoms with E-state index < -0.39 is 0 Å². The Morgan fingerprint density at radius 3 is 2.56 bits per heavy atom. The van der Waals surface area contributed by atoms with Gasteiger partial charge in [0.2, 0.25) is 0 Å². The second-order valence-corrected chi connectivity index (χ2v) is 6.39. The van der Waals surface area contributed by atoms with E-state index in [9.17, 15) is 0 Å². The molecule has 0 unspecified atom stereocenters. The highest BCUT2D eigenvalue weighted by molar-refractivity contribution is 5.35. The monoisotopic (exact) mass is 243 g/mol. The van der Waals surface area contributed by atoms with Crippen LogP contribution >= 0.6 is 0 Å². The lowest BCUT2D eigenvalue weighted by Crippen LogP contribution is -2.20. The van der Waals surface area contributed by atoms with Crippen molar-refractivity contribution in [3.05, 3.63) is 35.4 Å². The highest BCUT2D eigenvalue weighted by Gasteiger charge is 2.42. The molecule has 0 spiro atoms. The minimum atomic E-state index is 0.350.